The van der Waals surface area contributed by atoms with Crippen molar-refractivity contribution >= 4 is 39.6 Å². The normalized spacial score (nSPS) is 12.3. The van der Waals surface area contributed by atoms with E-state index in [1.807, 2.05) is 48.5 Å². The number of aromatic nitrogens is 2. The number of halogens is 1. The fourth-order valence-electron chi connectivity index (χ4n) is 2.03. The van der Waals surface area contributed by atoms with E-state index >= 15 is 0 Å². The molecule has 0 aliphatic rings. The smallest absolute Gasteiger partial charge is 0.201 e. The van der Waals surface area contributed by atoms with Gasteiger partial charge in [0.05, 0.1) is 11.0 Å². The van der Waals surface area contributed by atoms with Crippen molar-refractivity contribution in [3.05, 3.63) is 52.1 Å². The van der Waals surface area contributed by atoms with Gasteiger partial charge in [-0.2, -0.15) is 0 Å². The standard InChI is InChI=1S/C16H16IN3O2/c17-11-5-7-13(8-6-11)22-10-12(21)9-18-16-19-14-3-1-2-4-15(14)20-16/h1-8,12,21H,9-10H2,(H2,18,19,20). The van der Waals surface area contributed by atoms with Crippen LogP contribution < -0.4 is 10.1 Å². The monoisotopic (exact) mass is 409 g/mol. The van der Waals surface area contributed by atoms with Gasteiger partial charge in [-0.1, -0.05) is 12.1 Å². The van der Waals surface area contributed by atoms with Crippen molar-refractivity contribution in [2.75, 3.05) is 18.5 Å². The van der Waals surface area contributed by atoms with Gasteiger partial charge in [-0.3, -0.25) is 0 Å². The highest BCUT2D eigenvalue weighted by Gasteiger charge is 2.07. The zero-order chi connectivity index (χ0) is 15.4. The van der Waals surface area contributed by atoms with Crippen LogP contribution in [-0.4, -0.2) is 34.3 Å². The van der Waals surface area contributed by atoms with Crippen molar-refractivity contribution in [1.82, 2.24) is 9.97 Å². The molecule has 0 saturated carbocycles. The number of nitrogens with one attached hydrogen (secondary N) is 2. The summed E-state index contributed by atoms with van der Waals surface area (Å²) in [5.74, 6) is 1.40. The number of benzene rings is 2. The fraction of sp³-hybridized carbons (Fsp3) is 0.188. The number of aliphatic hydroxyl groups is 1. The zero-order valence-corrected chi connectivity index (χ0v) is 13.9. The Morgan fingerprint density at radius 3 is 2.73 bits per heavy atom. The van der Waals surface area contributed by atoms with Crippen LogP contribution in [-0.2, 0) is 0 Å². The van der Waals surface area contributed by atoms with Crippen molar-refractivity contribution in [3.8, 4) is 5.75 Å². The summed E-state index contributed by atoms with van der Waals surface area (Å²) < 4.78 is 6.70. The highest BCUT2D eigenvalue weighted by molar-refractivity contribution is 14.1. The molecule has 3 N–H and O–H groups in total. The van der Waals surface area contributed by atoms with Gasteiger partial charge in [0.1, 0.15) is 18.5 Å². The maximum atomic E-state index is 9.97. The van der Waals surface area contributed by atoms with Crippen LogP contribution in [0.3, 0.4) is 0 Å². The maximum Gasteiger partial charge on any atom is 0.201 e. The topological polar surface area (TPSA) is 70.2 Å². The van der Waals surface area contributed by atoms with Crippen molar-refractivity contribution in [2.45, 2.75) is 6.10 Å². The second kappa shape index (κ2) is 6.97. The highest BCUT2D eigenvalue weighted by Crippen LogP contribution is 2.14. The molecular weight excluding hydrogens is 393 g/mol. The quantitative estimate of drug-likeness (QED) is 0.548. The Bertz CT molecular complexity index is 709. The van der Waals surface area contributed by atoms with E-state index in [2.05, 4.69) is 37.9 Å². The first-order chi connectivity index (χ1) is 10.7. The van der Waals surface area contributed by atoms with E-state index in [9.17, 15) is 5.11 Å². The fourth-order valence-corrected chi connectivity index (χ4v) is 2.39. The van der Waals surface area contributed by atoms with Crippen LogP contribution in [0.15, 0.2) is 48.5 Å². The SMILES string of the molecule is OC(CNc1nc2ccccc2[nH]1)COc1ccc(I)cc1. The summed E-state index contributed by atoms with van der Waals surface area (Å²) in [6.45, 7) is 0.595. The molecule has 0 fully saturated rings. The molecule has 1 unspecified atom stereocenters. The number of aromatic amines is 1. The molecular formula is C16H16IN3O2. The van der Waals surface area contributed by atoms with Gasteiger partial charge >= 0.3 is 0 Å². The number of para-hydroxylation sites is 2. The highest BCUT2D eigenvalue weighted by atomic mass is 127. The predicted octanol–water partition coefficient (Wildman–Crippen LogP) is 3.02. The summed E-state index contributed by atoms with van der Waals surface area (Å²) in [6.07, 6.45) is -0.618. The van der Waals surface area contributed by atoms with Crippen LogP contribution in [0.25, 0.3) is 11.0 Å². The van der Waals surface area contributed by atoms with Gasteiger partial charge in [0.2, 0.25) is 5.95 Å². The van der Waals surface area contributed by atoms with E-state index in [1.54, 1.807) is 0 Å². The lowest BCUT2D eigenvalue weighted by Gasteiger charge is -2.12. The third kappa shape index (κ3) is 3.89. The Labute approximate surface area is 141 Å². The molecule has 1 atom stereocenters. The molecule has 0 radical (unpaired) electrons. The minimum Gasteiger partial charge on any atom is -0.491 e. The van der Waals surface area contributed by atoms with Gasteiger partial charge < -0.3 is 20.1 Å². The number of anilines is 1. The Balaban J connectivity index is 1.49. The molecule has 3 aromatic rings. The molecule has 1 aromatic heterocycles. The van der Waals surface area contributed by atoms with E-state index in [-0.39, 0.29) is 6.61 Å². The number of ether oxygens (including phenoxy) is 1. The first-order valence-corrected chi connectivity index (χ1v) is 8.03. The van der Waals surface area contributed by atoms with E-state index < -0.39 is 6.10 Å². The summed E-state index contributed by atoms with van der Waals surface area (Å²) in [4.78, 5) is 7.55. The molecule has 3 rings (SSSR count). The molecule has 5 nitrogen and oxygen atoms in total. The van der Waals surface area contributed by atoms with Gasteiger partial charge in [0, 0.05) is 10.1 Å². The second-order valence-electron chi connectivity index (χ2n) is 4.90. The van der Waals surface area contributed by atoms with Gasteiger partial charge in [-0.15, -0.1) is 0 Å². The average molecular weight is 409 g/mol. The summed E-state index contributed by atoms with van der Waals surface area (Å²) in [5, 5.41) is 13.1. The predicted molar refractivity (Wildman–Crippen MR) is 95.2 cm³/mol. The summed E-state index contributed by atoms with van der Waals surface area (Å²) >= 11 is 2.24. The van der Waals surface area contributed by atoms with Gasteiger partial charge in [-0.05, 0) is 59.0 Å². The molecule has 114 valence electrons. The van der Waals surface area contributed by atoms with E-state index in [1.165, 1.54) is 0 Å². The number of hydrogen-bond donors (Lipinski definition) is 3. The van der Waals surface area contributed by atoms with Crippen LogP contribution >= 0.6 is 22.6 Å². The number of nitrogens with zero attached hydrogens (tertiary/aromatic N) is 1. The van der Waals surface area contributed by atoms with Gasteiger partial charge in [0.15, 0.2) is 0 Å². The van der Waals surface area contributed by atoms with Crippen LogP contribution in [0.2, 0.25) is 0 Å². The Morgan fingerprint density at radius 2 is 1.95 bits per heavy atom. The van der Waals surface area contributed by atoms with Crippen LogP contribution in [0.1, 0.15) is 0 Å². The molecule has 0 aliphatic heterocycles. The number of rotatable bonds is 6. The number of H-pyrrole nitrogens is 1. The summed E-state index contributed by atoms with van der Waals surface area (Å²) in [6, 6.07) is 15.5. The molecule has 0 amide bonds. The van der Waals surface area contributed by atoms with Gasteiger partial charge in [0.25, 0.3) is 0 Å². The minimum atomic E-state index is -0.618. The lowest BCUT2D eigenvalue weighted by atomic mass is 10.3. The Hall–Kier alpha value is -1.80. The molecule has 1 heterocycles. The number of aliphatic hydroxyl groups excluding tert-OH is 1. The van der Waals surface area contributed by atoms with Crippen LogP contribution in [0.4, 0.5) is 5.95 Å². The largest absolute Gasteiger partial charge is 0.491 e. The van der Waals surface area contributed by atoms with Crippen molar-refractivity contribution in [2.24, 2.45) is 0 Å². The molecule has 0 bridgehead atoms. The van der Waals surface area contributed by atoms with Crippen molar-refractivity contribution in [1.29, 1.82) is 0 Å². The van der Waals surface area contributed by atoms with Gasteiger partial charge in [-0.25, -0.2) is 4.98 Å². The van der Waals surface area contributed by atoms with E-state index in [0.717, 1.165) is 20.4 Å². The number of fused-ring (bicyclic) bond motifs is 1. The molecule has 0 spiro atoms. The molecule has 0 aliphatic carbocycles. The van der Waals surface area contributed by atoms with E-state index in [4.69, 9.17) is 4.74 Å². The zero-order valence-electron chi connectivity index (χ0n) is 11.8. The van der Waals surface area contributed by atoms with Crippen LogP contribution in [0.5, 0.6) is 5.75 Å². The third-order valence-corrected chi connectivity index (χ3v) is 3.87. The second-order valence-corrected chi connectivity index (χ2v) is 6.15. The average Bonchev–Trinajstić information content (AvgIpc) is 2.95. The summed E-state index contributed by atoms with van der Waals surface area (Å²) in [7, 11) is 0. The Morgan fingerprint density at radius 1 is 1.18 bits per heavy atom. The lowest BCUT2D eigenvalue weighted by molar-refractivity contribution is 0.117. The van der Waals surface area contributed by atoms with Crippen LogP contribution in [0, 0.1) is 3.57 Å². The molecule has 2 aromatic carbocycles. The number of imidazole rings is 1. The molecule has 6 heteroatoms. The summed E-state index contributed by atoms with van der Waals surface area (Å²) in [5.41, 5.74) is 1.87. The minimum absolute atomic E-state index is 0.230. The Kier molecular flexibility index (Phi) is 4.79. The molecule has 22 heavy (non-hydrogen) atoms. The van der Waals surface area contributed by atoms with Crippen molar-refractivity contribution < 1.29 is 9.84 Å². The lowest BCUT2D eigenvalue weighted by Crippen LogP contribution is -2.26. The molecule has 0 saturated heterocycles. The number of hydrogen-bond acceptors (Lipinski definition) is 4. The van der Waals surface area contributed by atoms with E-state index in [0.29, 0.717) is 12.5 Å². The van der Waals surface area contributed by atoms with Crippen molar-refractivity contribution in [3.63, 3.8) is 0 Å². The first kappa shape index (κ1) is 15.1. The maximum absolute atomic E-state index is 9.97. The third-order valence-electron chi connectivity index (χ3n) is 3.15. The first-order valence-electron chi connectivity index (χ1n) is 6.96.